The molecule has 29 heavy (non-hydrogen) atoms. The van der Waals surface area contributed by atoms with E-state index in [1.807, 2.05) is 25.1 Å². The highest BCUT2D eigenvalue weighted by atomic mass is 35.5. The van der Waals surface area contributed by atoms with Crippen molar-refractivity contribution >= 4 is 68.2 Å². The Morgan fingerprint density at radius 3 is 2.31 bits per heavy atom. The van der Waals surface area contributed by atoms with Gasteiger partial charge in [0.1, 0.15) is 0 Å². The average Bonchev–Trinajstić information content (AvgIpc) is 3.09. The van der Waals surface area contributed by atoms with Crippen LogP contribution in [0.4, 0.5) is 5.13 Å². The predicted octanol–water partition coefficient (Wildman–Crippen LogP) is 6.32. The lowest BCUT2D eigenvalue weighted by Crippen LogP contribution is -2.38. The second kappa shape index (κ2) is 10.6. The Hall–Kier alpha value is -1.37. The quantitative estimate of drug-likeness (QED) is 0.403. The fraction of sp³-hybridized carbons (Fsp3) is 0.333. The number of anilines is 1. The summed E-state index contributed by atoms with van der Waals surface area (Å²) in [5.74, 6) is -0.145. The Balaban J connectivity index is 0.00000300. The molecule has 0 aliphatic rings. The largest absolute Gasteiger partial charge is 0.302 e. The van der Waals surface area contributed by atoms with Gasteiger partial charge in [-0.15, -0.1) is 12.4 Å². The molecular weight excluding hydrogens is 449 g/mol. The lowest BCUT2D eigenvalue weighted by atomic mass is 10.2. The van der Waals surface area contributed by atoms with Crippen LogP contribution in [0.5, 0.6) is 0 Å². The van der Waals surface area contributed by atoms with E-state index in [-0.39, 0.29) is 18.3 Å². The molecule has 4 nitrogen and oxygen atoms in total. The summed E-state index contributed by atoms with van der Waals surface area (Å²) in [6, 6.07) is 11.0. The van der Waals surface area contributed by atoms with Crippen LogP contribution in [-0.2, 0) is 0 Å². The van der Waals surface area contributed by atoms with Gasteiger partial charge in [-0.3, -0.25) is 9.69 Å². The SMILES string of the molecule is CCN(CC)CCN(C(=O)c1cc(Cl)cc(Cl)c1)c1nc2c(C)cccc2s1.Cl. The molecular formula is C21H24Cl3N3OS. The zero-order chi connectivity index (χ0) is 20.3. The summed E-state index contributed by atoms with van der Waals surface area (Å²) in [4.78, 5) is 22.2. The van der Waals surface area contributed by atoms with Gasteiger partial charge in [-0.05, 0) is 49.8 Å². The number of nitrogens with zero attached hydrogens (tertiary/aromatic N) is 3. The Bertz CT molecular complexity index is 968. The van der Waals surface area contributed by atoms with Crippen LogP contribution in [0.1, 0.15) is 29.8 Å². The minimum Gasteiger partial charge on any atom is -0.302 e. The molecule has 0 unspecified atom stereocenters. The van der Waals surface area contributed by atoms with E-state index in [0.717, 1.165) is 35.4 Å². The van der Waals surface area contributed by atoms with E-state index in [2.05, 4.69) is 18.7 Å². The van der Waals surface area contributed by atoms with Crippen LogP contribution in [0.2, 0.25) is 10.0 Å². The van der Waals surface area contributed by atoms with Gasteiger partial charge in [0, 0.05) is 28.7 Å². The number of rotatable bonds is 7. The summed E-state index contributed by atoms with van der Waals surface area (Å²) >= 11 is 13.8. The van der Waals surface area contributed by atoms with E-state index in [4.69, 9.17) is 28.2 Å². The number of likely N-dealkylation sites (N-methyl/N-ethyl adjacent to an activating group) is 1. The minimum absolute atomic E-state index is 0. The fourth-order valence-electron chi connectivity index (χ4n) is 3.09. The van der Waals surface area contributed by atoms with Gasteiger partial charge in [0.2, 0.25) is 0 Å². The number of amides is 1. The van der Waals surface area contributed by atoms with Gasteiger partial charge < -0.3 is 4.90 Å². The van der Waals surface area contributed by atoms with Gasteiger partial charge in [0.05, 0.1) is 10.2 Å². The van der Waals surface area contributed by atoms with Crippen LogP contribution in [0, 0.1) is 6.92 Å². The maximum Gasteiger partial charge on any atom is 0.260 e. The van der Waals surface area contributed by atoms with E-state index < -0.39 is 0 Å². The molecule has 0 spiro atoms. The first-order valence-electron chi connectivity index (χ1n) is 9.29. The highest BCUT2D eigenvalue weighted by Gasteiger charge is 2.23. The summed E-state index contributed by atoms with van der Waals surface area (Å²) in [6.45, 7) is 9.44. The van der Waals surface area contributed by atoms with Crippen molar-refractivity contribution in [2.75, 3.05) is 31.1 Å². The first kappa shape index (κ1) is 23.9. The number of para-hydroxylation sites is 1. The van der Waals surface area contributed by atoms with E-state index in [0.29, 0.717) is 27.3 Å². The first-order chi connectivity index (χ1) is 13.4. The van der Waals surface area contributed by atoms with E-state index in [9.17, 15) is 4.79 Å². The van der Waals surface area contributed by atoms with Crippen molar-refractivity contribution in [2.24, 2.45) is 0 Å². The van der Waals surface area contributed by atoms with Crippen LogP contribution in [0.25, 0.3) is 10.2 Å². The molecule has 0 radical (unpaired) electrons. The summed E-state index contributed by atoms with van der Waals surface area (Å²) in [5, 5.41) is 1.58. The predicted molar refractivity (Wildman–Crippen MR) is 128 cm³/mol. The average molecular weight is 473 g/mol. The molecule has 0 saturated carbocycles. The van der Waals surface area contributed by atoms with Crippen molar-refractivity contribution in [2.45, 2.75) is 20.8 Å². The zero-order valence-electron chi connectivity index (χ0n) is 16.6. The van der Waals surface area contributed by atoms with Gasteiger partial charge in [-0.1, -0.05) is 60.5 Å². The zero-order valence-corrected chi connectivity index (χ0v) is 19.8. The molecule has 3 aromatic rings. The van der Waals surface area contributed by atoms with Crippen LogP contribution >= 0.6 is 46.9 Å². The minimum atomic E-state index is -0.145. The third-order valence-corrected chi connectivity index (χ3v) is 6.21. The van der Waals surface area contributed by atoms with Crippen LogP contribution in [-0.4, -0.2) is 42.0 Å². The number of thiazole rings is 1. The molecule has 0 aliphatic heterocycles. The van der Waals surface area contributed by atoms with E-state index >= 15 is 0 Å². The molecule has 0 N–H and O–H groups in total. The number of benzene rings is 2. The second-order valence-electron chi connectivity index (χ2n) is 6.56. The van der Waals surface area contributed by atoms with Gasteiger partial charge >= 0.3 is 0 Å². The van der Waals surface area contributed by atoms with Crippen molar-refractivity contribution in [1.29, 1.82) is 0 Å². The molecule has 0 aliphatic carbocycles. The lowest BCUT2D eigenvalue weighted by Gasteiger charge is -2.25. The Morgan fingerprint density at radius 1 is 1.07 bits per heavy atom. The molecule has 3 rings (SSSR count). The third-order valence-electron chi connectivity index (χ3n) is 4.73. The molecule has 1 aromatic heterocycles. The number of aryl methyl sites for hydroxylation is 1. The summed E-state index contributed by atoms with van der Waals surface area (Å²) in [6.07, 6.45) is 0. The highest BCUT2D eigenvalue weighted by molar-refractivity contribution is 7.22. The second-order valence-corrected chi connectivity index (χ2v) is 8.44. The van der Waals surface area contributed by atoms with Gasteiger partial charge in [0.15, 0.2) is 5.13 Å². The van der Waals surface area contributed by atoms with Crippen molar-refractivity contribution in [3.8, 4) is 0 Å². The van der Waals surface area contributed by atoms with E-state index in [1.165, 1.54) is 11.3 Å². The van der Waals surface area contributed by atoms with E-state index in [1.54, 1.807) is 23.1 Å². The van der Waals surface area contributed by atoms with Crippen molar-refractivity contribution in [3.05, 3.63) is 57.6 Å². The molecule has 0 fully saturated rings. The normalized spacial score (nSPS) is 11.0. The van der Waals surface area contributed by atoms with Crippen LogP contribution in [0.15, 0.2) is 36.4 Å². The summed E-state index contributed by atoms with van der Waals surface area (Å²) in [7, 11) is 0. The summed E-state index contributed by atoms with van der Waals surface area (Å²) in [5.41, 5.74) is 2.50. The number of aromatic nitrogens is 1. The van der Waals surface area contributed by atoms with Crippen molar-refractivity contribution < 1.29 is 4.79 Å². The van der Waals surface area contributed by atoms with Crippen molar-refractivity contribution in [1.82, 2.24) is 9.88 Å². The molecule has 8 heteroatoms. The maximum atomic E-state index is 13.4. The lowest BCUT2D eigenvalue weighted by molar-refractivity contribution is 0.0984. The fourth-order valence-corrected chi connectivity index (χ4v) is 4.68. The molecule has 1 heterocycles. The number of hydrogen-bond donors (Lipinski definition) is 0. The number of hydrogen-bond acceptors (Lipinski definition) is 4. The molecule has 156 valence electrons. The number of fused-ring (bicyclic) bond motifs is 1. The Labute approximate surface area is 191 Å². The number of halogens is 3. The van der Waals surface area contributed by atoms with Gasteiger partial charge in [-0.2, -0.15) is 0 Å². The van der Waals surface area contributed by atoms with Gasteiger partial charge in [0.25, 0.3) is 5.91 Å². The molecule has 0 saturated heterocycles. The Morgan fingerprint density at radius 2 is 1.72 bits per heavy atom. The number of carbonyl (C=O) groups excluding carboxylic acids is 1. The standard InChI is InChI=1S/C21H23Cl2N3OS.ClH/c1-4-25(5-2)9-10-26(20(27)15-11-16(22)13-17(23)12-15)21-24-19-14(3)7-6-8-18(19)28-21;/h6-8,11-13H,4-5,9-10H2,1-3H3;1H. The molecule has 0 atom stereocenters. The van der Waals surface area contributed by atoms with Crippen molar-refractivity contribution in [3.63, 3.8) is 0 Å². The summed E-state index contributed by atoms with van der Waals surface area (Å²) < 4.78 is 1.07. The van der Waals surface area contributed by atoms with Crippen LogP contribution in [0.3, 0.4) is 0 Å². The first-order valence-corrected chi connectivity index (χ1v) is 10.9. The van der Waals surface area contributed by atoms with Gasteiger partial charge in [-0.25, -0.2) is 4.98 Å². The molecule has 0 bridgehead atoms. The highest BCUT2D eigenvalue weighted by Crippen LogP contribution is 2.32. The smallest absolute Gasteiger partial charge is 0.260 e. The topological polar surface area (TPSA) is 36.4 Å². The monoisotopic (exact) mass is 471 g/mol. The molecule has 1 amide bonds. The maximum absolute atomic E-state index is 13.4. The van der Waals surface area contributed by atoms with Crippen LogP contribution < -0.4 is 4.90 Å². The Kier molecular flexibility index (Phi) is 8.73. The molecule has 2 aromatic carbocycles. The third kappa shape index (κ3) is 5.62. The number of carbonyl (C=O) groups is 1.